The predicted octanol–water partition coefficient (Wildman–Crippen LogP) is 2.91. The molecule has 2 aromatic carbocycles. The SMILES string of the molecule is Cc1cc(C(N)C2Cc3ccccc3O2)cc([N+](=O)[O-])c1. The van der Waals surface area contributed by atoms with Crippen molar-refractivity contribution in [3.8, 4) is 5.75 Å². The molecule has 0 fully saturated rings. The van der Waals surface area contributed by atoms with Crippen molar-refractivity contribution >= 4 is 5.69 Å². The lowest BCUT2D eigenvalue weighted by atomic mass is 9.97. The minimum atomic E-state index is -0.395. The summed E-state index contributed by atoms with van der Waals surface area (Å²) in [6, 6.07) is 12.4. The first kappa shape index (κ1) is 13.6. The van der Waals surface area contributed by atoms with E-state index >= 15 is 0 Å². The maximum atomic E-state index is 11.0. The third-order valence-corrected chi connectivity index (χ3v) is 3.75. The van der Waals surface area contributed by atoms with Crippen LogP contribution in [0.3, 0.4) is 0 Å². The third-order valence-electron chi connectivity index (χ3n) is 3.75. The van der Waals surface area contributed by atoms with E-state index in [4.69, 9.17) is 10.5 Å². The highest BCUT2D eigenvalue weighted by Crippen LogP contribution is 2.34. The second-order valence-electron chi connectivity index (χ2n) is 5.35. The van der Waals surface area contributed by atoms with Crippen LogP contribution < -0.4 is 10.5 Å². The second-order valence-corrected chi connectivity index (χ2v) is 5.35. The van der Waals surface area contributed by atoms with E-state index in [2.05, 4.69) is 0 Å². The van der Waals surface area contributed by atoms with Gasteiger partial charge in [-0.25, -0.2) is 0 Å². The number of hydrogen-bond acceptors (Lipinski definition) is 4. The Labute approximate surface area is 122 Å². The van der Waals surface area contributed by atoms with Crippen LogP contribution in [0.25, 0.3) is 0 Å². The van der Waals surface area contributed by atoms with E-state index in [1.807, 2.05) is 37.3 Å². The van der Waals surface area contributed by atoms with Gasteiger partial charge in [-0.15, -0.1) is 0 Å². The van der Waals surface area contributed by atoms with Gasteiger partial charge in [-0.05, 0) is 29.7 Å². The van der Waals surface area contributed by atoms with Crippen molar-refractivity contribution in [2.45, 2.75) is 25.5 Å². The lowest BCUT2D eigenvalue weighted by Crippen LogP contribution is -2.30. The number of hydrogen-bond donors (Lipinski definition) is 1. The van der Waals surface area contributed by atoms with Gasteiger partial charge in [0.2, 0.25) is 0 Å². The van der Waals surface area contributed by atoms with Gasteiger partial charge in [-0.3, -0.25) is 10.1 Å². The van der Waals surface area contributed by atoms with Gasteiger partial charge in [0.25, 0.3) is 5.69 Å². The summed E-state index contributed by atoms with van der Waals surface area (Å²) < 4.78 is 5.87. The molecule has 0 saturated heterocycles. The van der Waals surface area contributed by atoms with Crippen LogP contribution in [0.2, 0.25) is 0 Å². The molecule has 2 atom stereocenters. The molecule has 2 unspecified atom stereocenters. The first-order valence-electron chi connectivity index (χ1n) is 6.81. The second kappa shape index (κ2) is 5.18. The number of non-ortho nitro benzene ring substituents is 1. The molecule has 2 aromatic rings. The number of ether oxygens (including phenoxy) is 1. The van der Waals surface area contributed by atoms with Crippen LogP contribution in [0.15, 0.2) is 42.5 Å². The normalized spacial score (nSPS) is 17.9. The Morgan fingerprint density at radius 2 is 2.10 bits per heavy atom. The predicted molar refractivity (Wildman–Crippen MR) is 79.3 cm³/mol. The fraction of sp³-hybridized carbons (Fsp3) is 0.250. The minimum absolute atomic E-state index is 0.0657. The molecule has 5 heteroatoms. The van der Waals surface area contributed by atoms with Crippen molar-refractivity contribution in [2.75, 3.05) is 0 Å². The van der Waals surface area contributed by atoms with E-state index in [-0.39, 0.29) is 11.8 Å². The van der Waals surface area contributed by atoms with E-state index in [9.17, 15) is 10.1 Å². The highest BCUT2D eigenvalue weighted by Gasteiger charge is 2.29. The summed E-state index contributed by atoms with van der Waals surface area (Å²) in [5.74, 6) is 0.847. The van der Waals surface area contributed by atoms with Crippen molar-refractivity contribution in [1.82, 2.24) is 0 Å². The lowest BCUT2D eigenvalue weighted by molar-refractivity contribution is -0.385. The highest BCUT2D eigenvalue weighted by molar-refractivity contribution is 5.42. The zero-order chi connectivity index (χ0) is 15.0. The molecule has 0 aromatic heterocycles. The molecule has 2 N–H and O–H groups in total. The highest BCUT2D eigenvalue weighted by atomic mass is 16.6. The van der Waals surface area contributed by atoms with Crippen LogP contribution in [0.4, 0.5) is 5.69 Å². The number of nitro groups is 1. The molecule has 1 aliphatic heterocycles. The summed E-state index contributed by atoms with van der Waals surface area (Å²) in [7, 11) is 0. The summed E-state index contributed by atoms with van der Waals surface area (Å²) in [5.41, 5.74) is 9.02. The third kappa shape index (κ3) is 2.60. The number of fused-ring (bicyclic) bond motifs is 1. The van der Waals surface area contributed by atoms with Crippen LogP contribution >= 0.6 is 0 Å². The van der Waals surface area contributed by atoms with Gasteiger partial charge in [-0.1, -0.05) is 24.3 Å². The standard InChI is InChI=1S/C16H16N2O3/c1-10-6-12(8-13(7-10)18(19)20)16(17)15-9-11-4-2-3-5-14(11)21-15/h2-8,15-16H,9,17H2,1H3. The van der Waals surface area contributed by atoms with E-state index in [0.29, 0.717) is 0 Å². The summed E-state index contributed by atoms with van der Waals surface area (Å²) in [6.07, 6.45) is 0.530. The summed E-state index contributed by atoms with van der Waals surface area (Å²) in [5, 5.41) is 11.0. The van der Waals surface area contributed by atoms with Gasteiger partial charge >= 0.3 is 0 Å². The average molecular weight is 284 g/mol. The molecule has 0 saturated carbocycles. The number of benzene rings is 2. The van der Waals surface area contributed by atoms with Crippen LogP contribution in [0.1, 0.15) is 22.7 Å². The van der Waals surface area contributed by atoms with Gasteiger partial charge < -0.3 is 10.5 Å². The maximum absolute atomic E-state index is 11.0. The first-order chi connectivity index (χ1) is 10.0. The maximum Gasteiger partial charge on any atom is 0.270 e. The molecule has 1 heterocycles. The van der Waals surface area contributed by atoms with Crippen LogP contribution in [-0.2, 0) is 6.42 Å². The number of rotatable bonds is 3. The Kier molecular flexibility index (Phi) is 3.35. The molecule has 3 rings (SSSR count). The molecule has 5 nitrogen and oxygen atoms in total. The van der Waals surface area contributed by atoms with Gasteiger partial charge in [0.1, 0.15) is 11.9 Å². The van der Waals surface area contributed by atoms with Gasteiger partial charge in [0.15, 0.2) is 0 Å². The van der Waals surface area contributed by atoms with Gasteiger partial charge in [0, 0.05) is 18.6 Å². The molecular weight excluding hydrogens is 268 g/mol. The van der Waals surface area contributed by atoms with Crippen LogP contribution in [0, 0.1) is 17.0 Å². The summed E-state index contributed by atoms with van der Waals surface area (Å²) in [6.45, 7) is 1.83. The first-order valence-corrected chi connectivity index (χ1v) is 6.81. The summed E-state index contributed by atoms with van der Waals surface area (Å²) in [4.78, 5) is 10.6. The zero-order valence-electron chi connectivity index (χ0n) is 11.7. The number of aryl methyl sites for hydroxylation is 1. The zero-order valence-corrected chi connectivity index (χ0v) is 11.7. The van der Waals surface area contributed by atoms with Crippen LogP contribution in [0.5, 0.6) is 5.75 Å². The van der Waals surface area contributed by atoms with E-state index in [1.165, 1.54) is 6.07 Å². The smallest absolute Gasteiger partial charge is 0.270 e. The van der Waals surface area contributed by atoms with Gasteiger partial charge in [0.05, 0.1) is 11.0 Å². The molecule has 0 bridgehead atoms. The molecule has 21 heavy (non-hydrogen) atoms. The topological polar surface area (TPSA) is 78.4 Å². The number of nitrogens with zero attached hydrogens (tertiary/aromatic N) is 1. The Bertz CT molecular complexity index is 675. The Morgan fingerprint density at radius 3 is 2.81 bits per heavy atom. The van der Waals surface area contributed by atoms with E-state index < -0.39 is 11.0 Å². The minimum Gasteiger partial charge on any atom is -0.488 e. The number of para-hydroxylation sites is 1. The van der Waals surface area contributed by atoms with Crippen molar-refractivity contribution in [1.29, 1.82) is 0 Å². The van der Waals surface area contributed by atoms with Crippen molar-refractivity contribution in [2.24, 2.45) is 5.73 Å². The molecule has 0 spiro atoms. The van der Waals surface area contributed by atoms with Gasteiger partial charge in [-0.2, -0.15) is 0 Å². The largest absolute Gasteiger partial charge is 0.488 e. The van der Waals surface area contributed by atoms with Crippen molar-refractivity contribution < 1.29 is 9.66 Å². The Hall–Kier alpha value is -2.40. The Morgan fingerprint density at radius 1 is 1.33 bits per heavy atom. The average Bonchev–Trinajstić information content (AvgIpc) is 2.89. The van der Waals surface area contributed by atoms with E-state index in [0.717, 1.165) is 28.9 Å². The molecule has 0 aliphatic carbocycles. The molecule has 0 amide bonds. The van der Waals surface area contributed by atoms with Crippen LogP contribution in [-0.4, -0.2) is 11.0 Å². The number of nitro benzene ring substituents is 1. The molecule has 0 radical (unpaired) electrons. The molecular formula is C16H16N2O3. The lowest BCUT2D eigenvalue weighted by Gasteiger charge is -2.19. The quantitative estimate of drug-likeness (QED) is 0.694. The van der Waals surface area contributed by atoms with Crippen molar-refractivity contribution in [3.63, 3.8) is 0 Å². The monoisotopic (exact) mass is 284 g/mol. The number of nitrogens with two attached hydrogens (primary N) is 1. The van der Waals surface area contributed by atoms with Crippen molar-refractivity contribution in [3.05, 3.63) is 69.3 Å². The molecule has 1 aliphatic rings. The fourth-order valence-corrected chi connectivity index (χ4v) is 2.71. The Balaban J connectivity index is 1.87. The van der Waals surface area contributed by atoms with E-state index in [1.54, 1.807) is 6.07 Å². The fourth-order valence-electron chi connectivity index (χ4n) is 2.71. The summed E-state index contributed by atoms with van der Waals surface area (Å²) >= 11 is 0. The molecule has 108 valence electrons.